The van der Waals surface area contributed by atoms with Gasteiger partial charge in [-0.2, -0.15) is 0 Å². The zero-order valence-corrected chi connectivity index (χ0v) is 13.7. The molecule has 1 heterocycles. The lowest BCUT2D eigenvalue weighted by atomic mass is 10.0. The number of carbonyl (C=O) groups excluding carboxylic acids is 1. The first-order chi connectivity index (χ1) is 9.17. The molecule has 2 unspecified atom stereocenters. The van der Waals surface area contributed by atoms with Gasteiger partial charge in [-0.1, -0.05) is 26.0 Å². The second-order valence-electron chi connectivity index (χ2n) is 5.01. The Morgan fingerprint density at radius 3 is 2.74 bits per heavy atom. The summed E-state index contributed by atoms with van der Waals surface area (Å²) in [5.74, 6) is 0.178. The van der Waals surface area contributed by atoms with Gasteiger partial charge in [0.15, 0.2) is 0 Å². The lowest BCUT2D eigenvalue weighted by Crippen LogP contribution is -2.58. The molecule has 1 aliphatic heterocycles. The summed E-state index contributed by atoms with van der Waals surface area (Å²) in [4.78, 5) is 14.8. The Morgan fingerprint density at radius 1 is 1.37 bits per heavy atom. The normalized spacial score (nSPS) is 23.4. The number of carbonyl (C=O) groups is 1. The number of benzene rings is 1. The Balaban J connectivity index is 2.22. The number of halogens is 1. The van der Waals surface area contributed by atoms with Crippen LogP contribution in [0.25, 0.3) is 0 Å². The summed E-state index contributed by atoms with van der Waals surface area (Å²) >= 11 is 2.24. The van der Waals surface area contributed by atoms with Gasteiger partial charge in [0.2, 0.25) is 0 Å². The Labute approximate surface area is 128 Å². The molecule has 4 heteroatoms. The van der Waals surface area contributed by atoms with Crippen molar-refractivity contribution in [2.45, 2.75) is 38.8 Å². The average Bonchev–Trinajstić information content (AvgIpc) is 2.46. The monoisotopic (exact) mass is 372 g/mol. The molecule has 0 saturated carbocycles. The molecule has 2 rings (SSSR count). The van der Waals surface area contributed by atoms with Gasteiger partial charge in [0.05, 0.1) is 5.56 Å². The van der Waals surface area contributed by atoms with Crippen LogP contribution in [0.3, 0.4) is 0 Å². The van der Waals surface area contributed by atoms with Crippen LogP contribution in [-0.2, 0) is 0 Å². The van der Waals surface area contributed by atoms with Crippen molar-refractivity contribution in [1.29, 1.82) is 0 Å². The molecule has 0 spiro atoms. The summed E-state index contributed by atoms with van der Waals surface area (Å²) in [6.07, 6.45) is 2.06. The third-order valence-corrected chi connectivity index (χ3v) is 4.77. The van der Waals surface area contributed by atoms with E-state index in [2.05, 4.69) is 46.7 Å². The van der Waals surface area contributed by atoms with E-state index in [-0.39, 0.29) is 5.91 Å². The highest BCUT2D eigenvalue weighted by molar-refractivity contribution is 14.1. The SMILES string of the molecule is CCC1CN(C(=O)c2ccccc2I)C(CC)CN1. The standard InChI is InChI=1S/C15H21IN2O/c1-3-11-10-18(12(4-2)9-17-11)15(19)13-7-5-6-8-14(13)16/h5-8,11-12,17H,3-4,9-10H2,1-2H3. The molecule has 1 fully saturated rings. The van der Waals surface area contributed by atoms with Gasteiger partial charge in [0.25, 0.3) is 5.91 Å². The van der Waals surface area contributed by atoms with E-state index in [1.54, 1.807) is 0 Å². The summed E-state index contributed by atoms with van der Waals surface area (Å²) in [6.45, 7) is 6.04. The first-order valence-electron chi connectivity index (χ1n) is 6.96. The van der Waals surface area contributed by atoms with Crippen molar-refractivity contribution in [1.82, 2.24) is 10.2 Å². The average molecular weight is 372 g/mol. The van der Waals surface area contributed by atoms with Crippen molar-refractivity contribution < 1.29 is 4.79 Å². The molecule has 0 aromatic heterocycles. The summed E-state index contributed by atoms with van der Waals surface area (Å²) in [7, 11) is 0. The second kappa shape index (κ2) is 6.70. The lowest BCUT2D eigenvalue weighted by molar-refractivity contribution is 0.0575. The largest absolute Gasteiger partial charge is 0.333 e. The van der Waals surface area contributed by atoms with Crippen LogP contribution in [-0.4, -0.2) is 36.0 Å². The highest BCUT2D eigenvalue weighted by atomic mass is 127. The van der Waals surface area contributed by atoms with Crippen LogP contribution in [0.15, 0.2) is 24.3 Å². The molecule has 0 radical (unpaired) electrons. The molecular weight excluding hydrogens is 351 g/mol. The first kappa shape index (κ1) is 14.8. The van der Waals surface area contributed by atoms with E-state index >= 15 is 0 Å². The molecule has 0 aliphatic carbocycles. The molecule has 2 atom stereocenters. The van der Waals surface area contributed by atoms with Crippen LogP contribution in [0.2, 0.25) is 0 Å². The summed E-state index contributed by atoms with van der Waals surface area (Å²) in [5.41, 5.74) is 0.832. The fraction of sp³-hybridized carbons (Fsp3) is 0.533. The zero-order chi connectivity index (χ0) is 13.8. The van der Waals surface area contributed by atoms with E-state index < -0.39 is 0 Å². The molecule has 1 saturated heterocycles. The number of amides is 1. The molecule has 0 bridgehead atoms. The van der Waals surface area contributed by atoms with Crippen LogP contribution >= 0.6 is 22.6 Å². The summed E-state index contributed by atoms with van der Waals surface area (Å²) in [6, 6.07) is 8.58. The molecular formula is C15H21IN2O. The Morgan fingerprint density at radius 2 is 2.11 bits per heavy atom. The molecule has 1 aliphatic rings. The minimum atomic E-state index is 0.178. The molecule has 1 amide bonds. The van der Waals surface area contributed by atoms with Gasteiger partial charge in [0.1, 0.15) is 0 Å². The van der Waals surface area contributed by atoms with E-state index in [0.717, 1.165) is 35.1 Å². The quantitative estimate of drug-likeness (QED) is 0.828. The molecule has 104 valence electrons. The smallest absolute Gasteiger partial charge is 0.255 e. The number of hydrogen-bond donors (Lipinski definition) is 1. The van der Waals surface area contributed by atoms with Gasteiger partial charge in [0, 0.05) is 28.7 Å². The van der Waals surface area contributed by atoms with Crippen molar-refractivity contribution in [3.8, 4) is 0 Å². The topological polar surface area (TPSA) is 32.3 Å². The van der Waals surface area contributed by atoms with Crippen molar-refractivity contribution in [2.24, 2.45) is 0 Å². The highest BCUT2D eigenvalue weighted by Gasteiger charge is 2.30. The van der Waals surface area contributed by atoms with E-state index in [1.165, 1.54) is 0 Å². The van der Waals surface area contributed by atoms with Crippen LogP contribution in [0.1, 0.15) is 37.0 Å². The van der Waals surface area contributed by atoms with Gasteiger partial charge < -0.3 is 10.2 Å². The summed E-state index contributed by atoms with van der Waals surface area (Å²) < 4.78 is 1.03. The van der Waals surface area contributed by atoms with Crippen molar-refractivity contribution in [3.05, 3.63) is 33.4 Å². The van der Waals surface area contributed by atoms with Crippen LogP contribution in [0, 0.1) is 3.57 Å². The number of rotatable bonds is 3. The van der Waals surface area contributed by atoms with Crippen molar-refractivity contribution in [3.63, 3.8) is 0 Å². The molecule has 1 aromatic rings. The fourth-order valence-corrected chi connectivity index (χ4v) is 3.16. The van der Waals surface area contributed by atoms with Crippen LogP contribution in [0.5, 0.6) is 0 Å². The molecule has 3 nitrogen and oxygen atoms in total. The first-order valence-corrected chi connectivity index (χ1v) is 8.04. The van der Waals surface area contributed by atoms with E-state index in [1.807, 2.05) is 24.3 Å². The molecule has 1 aromatic carbocycles. The van der Waals surface area contributed by atoms with Crippen molar-refractivity contribution >= 4 is 28.5 Å². The number of nitrogens with one attached hydrogen (secondary N) is 1. The minimum absolute atomic E-state index is 0.178. The third kappa shape index (κ3) is 3.28. The summed E-state index contributed by atoms with van der Waals surface area (Å²) in [5, 5.41) is 3.52. The van der Waals surface area contributed by atoms with Gasteiger partial charge in [-0.25, -0.2) is 0 Å². The third-order valence-electron chi connectivity index (χ3n) is 3.83. The Kier molecular flexibility index (Phi) is 5.21. The molecule has 19 heavy (non-hydrogen) atoms. The predicted octanol–water partition coefficient (Wildman–Crippen LogP) is 2.89. The Bertz CT molecular complexity index is 450. The van der Waals surface area contributed by atoms with Crippen LogP contribution in [0.4, 0.5) is 0 Å². The van der Waals surface area contributed by atoms with Gasteiger partial charge in [-0.15, -0.1) is 0 Å². The highest BCUT2D eigenvalue weighted by Crippen LogP contribution is 2.19. The van der Waals surface area contributed by atoms with E-state index in [4.69, 9.17) is 0 Å². The van der Waals surface area contributed by atoms with Crippen LogP contribution < -0.4 is 5.32 Å². The second-order valence-corrected chi connectivity index (χ2v) is 6.18. The van der Waals surface area contributed by atoms with E-state index in [0.29, 0.717) is 12.1 Å². The van der Waals surface area contributed by atoms with Gasteiger partial charge in [-0.3, -0.25) is 4.79 Å². The minimum Gasteiger partial charge on any atom is -0.333 e. The van der Waals surface area contributed by atoms with E-state index in [9.17, 15) is 4.79 Å². The zero-order valence-electron chi connectivity index (χ0n) is 11.5. The van der Waals surface area contributed by atoms with Crippen molar-refractivity contribution in [2.75, 3.05) is 13.1 Å². The predicted molar refractivity (Wildman–Crippen MR) is 86.4 cm³/mol. The fourth-order valence-electron chi connectivity index (χ4n) is 2.54. The number of hydrogen-bond acceptors (Lipinski definition) is 2. The van der Waals surface area contributed by atoms with Gasteiger partial charge in [-0.05, 0) is 47.6 Å². The maximum Gasteiger partial charge on any atom is 0.255 e. The maximum atomic E-state index is 12.7. The Hall–Kier alpha value is -0.620. The number of nitrogens with zero attached hydrogens (tertiary/aromatic N) is 1. The number of piperazine rings is 1. The lowest BCUT2D eigenvalue weighted by Gasteiger charge is -2.40. The van der Waals surface area contributed by atoms with Gasteiger partial charge >= 0.3 is 0 Å². The maximum absolute atomic E-state index is 12.7. The molecule has 1 N–H and O–H groups in total.